The van der Waals surface area contributed by atoms with Crippen molar-refractivity contribution in [2.45, 2.75) is 75.5 Å². The molecule has 2 saturated heterocycles. The number of ether oxygens (including phenoxy) is 1. The van der Waals surface area contributed by atoms with E-state index in [1.54, 1.807) is 29.0 Å². The average molecular weight is 763 g/mol. The predicted molar refractivity (Wildman–Crippen MR) is 204 cm³/mol. The van der Waals surface area contributed by atoms with Gasteiger partial charge in [0, 0.05) is 67.3 Å². The molecule has 3 N–H and O–H groups in total. The van der Waals surface area contributed by atoms with Crippen LogP contribution in [-0.2, 0) is 9.59 Å². The molecule has 2 aliphatic carbocycles. The molecule has 0 spiro atoms. The van der Waals surface area contributed by atoms with E-state index in [1.165, 1.54) is 18.3 Å². The highest BCUT2D eigenvalue weighted by atomic mass is 19.1. The first-order valence-corrected chi connectivity index (χ1v) is 19.3. The van der Waals surface area contributed by atoms with E-state index in [1.807, 2.05) is 12.1 Å². The van der Waals surface area contributed by atoms with Crippen LogP contribution < -0.4 is 25.6 Å². The molecule has 5 heterocycles. The minimum atomic E-state index is -0.868. The second-order valence-electron chi connectivity index (χ2n) is 15.5. The highest BCUT2D eigenvalue weighted by Crippen LogP contribution is 2.37. The zero-order chi connectivity index (χ0) is 38.5. The summed E-state index contributed by atoms with van der Waals surface area (Å²) in [5.74, 6) is -1.47. The Kier molecular flexibility index (Phi) is 9.35. The fourth-order valence-electron chi connectivity index (χ4n) is 8.05. The number of nitrogens with zero attached hydrogens (tertiary/aromatic N) is 7. The SMILES string of the molecule is CN(C1CN(c2ccc(C(=O)NC3CCC(=O)NC3=O)c(F)c2)C1)[C@H]1CC[C@H](n2cc3cc(NC(=O)c4cnn5cccnc45)c(OCC4CC4)cc3n2)CC1. The summed E-state index contributed by atoms with van der Waals surface area (Å²) >= 11 is 0. The number of benzene rings is 2. The Morgan fingerprint density at radius 3 is 2.59 bits per heavy atom. The van der Waals surface area contributed by atoms with Gasteiger partial charge in [0.15, 0.2) is 5.65 Å². The third-order valence-corrected chi connectivity index (χ3v) is 11.7. The van der Waals surface area contributed by atoms with Crippen molar-refractivity contribution in [3.8, 4) is 5.75 Å². The summed E-state index contributed by atoms with van der Waals surface area (Å²) in [4.78, 5) is 58.4. The Balaban J connectivity index is 0.804. The number of piperidine rings is 1. The van der Waals surface area contributed by atoms with Crippen LogP contribution in [-0.4, -0.2) is 97.8 Å². The second kappa shape index (κ2) is 14.6. The summed E-state index contributed by atoms with van der Waals surface area (Å²) in [5.41, 5.74) is 2.84. The zero-order valence-electron chi connectivity index (χ0n) is 31.0. The van der Waals surface area contributed by atoms with Crippen LogP contribution in [0.2, 0.25) is 0 Å². The first-order chi connectivity index (χ1) is 27.2. The number of rotatable bonds is 11. The van der Waals surface area contributed by atoms with Crippen molar-refractivity contribution in [1.82, 2.24) is 39.9 Å². The third kappa shape index (κ3) is 7.16. The monoisotopic (exact) mass is 762 g/mol. The molecule has 4 aliphatic rings. The van der Waals surface area contributed by atoms with Crippen LogP contribution in [0, 0.1) is 11.7 Å². The summed E-state index contributed by atoms with van der Waals surface area (Å²) in [5, 5.41) is 17.9. The van der Waals surface area contributed by atoms with E-state index in [4.69, 9.17) is 9.84 Å². The number of halogens is 1. The van der Waals surface area contributed by atoms with Crippen molar-refractivity contribution in [2.24, 2.45) is 5.92 Å². The zero-order valence-corrected chi connectivity index (χ0v) is 31.0. The van der Waals surface area contributed by atoms with Crippen molar-refractivity contribution in [1.29, 1.82) is 0 Å². The fraction of sp³-hybridized carbons (Fsp3) is 0.425. The number of likely N-dealkylation sites (N-methyl/N-ethyl adjacent to an activating group) is 1. The molecule has 9 rings (SSSR count). The topological polar surface area (TPSA) is 168 Å². The fourth-order valence-corrected chi connectivity index (χ4v) is 8.05. The van der Waals surface area contributed by atoms with Crippen molar-refractivity contribution in [2.75, 3.05) is 37.0 Å². The van der Waals surface area contributed by atoms with E-state index in [9.17, 15) is 19.2 Å². The van der Waals surface area contributed by atoms with Crippen LogP contribution in [0.5, 0.6) is 5.75 Å². The van der Waals surface area contributed by atoms with Gasteiger partial charge in [0.2, 0.25) is 11.8 Å². The lowest BCUT2D eigenvalue weighted by molar-refractivity contribution is -0.134. The molecule has 15 nitrogen and oxygen atoms in total. The number of carbonyl (C=O) groups excluding carboxylic acids is 4. The normalized spacial score (nSPS) is 21.6. The molecule has 5 aromatic rings. The number of fused-ring (bicyclic) bond motifs is 2. The van der Waals surface area contributed by atoms with E-state index in [2.05, 4.69) is 53.8 Å². The van der Waals surface area contributed by atoms with Crippen molar-refractivity contribution in [3.63, 3.8) is 0 Å². The van der Waals surface area contributed by atoms with Crippen LogP contribution in [0.1, 0.15) is 78.1 Å². The van der Waals surface area contributed by atoms with E-state index in [0.717, 1.165) is 62.5 Å². The second-order valence-corrected chi connectivity index (χ2v) is 15.5. The number of anilines is 2. The molecule has 290 valence electrons. The van der Waals surface area contributed by atoms with Gasteiger partial charge >= 0.3 is 0 Å². The quantitative estimate of drug-likeness (QED) is 0.167. The van der Waals surface area contributed by atoms with Crippen molar-refractivity contribution >= 4 is 51.6 Å². The lowest BCUT2D eigenvalue weighted by Crippen LogP contribution is -2.61. The van der Waals surface area contributed by atoms with Gasteiger partial charge in [-0.1, -0.05) is 0 Å². The average Bonchev–Trinajstić information content (AvgIpc) is 3.75. The molecule has 16 heteroatoms. The molecule has 2 aromatic carbocycles. The van der Waals surface area contributed by atoms with Gasteiger partial charge in [0.1, 0.15) is 23.2 Å². The minimum Gasteiger partial charge on any atom is -0.491 e. The highest BCUT2D eigenvalue weighted by Gasteiger charge is 2.36. The number of nitrogens with one attached hydrogen (secondary N) is 3. The Bertz CT molecular complexity index is 2340. The third-order valence-electron chi connectivity index (χ3n) is 11.7. The molecular weight excluding hydrogens is 720 g/mol. The van der Waals surface area contributed by atoms with Crippen molar-refractivity contribution in [3.05, 3.63) is 78.1 Å². The van der Waals surface area contributed by atoms with Gasteiger partial charge in [-0.2, -0.15) is 10.2 Å². The van der Waals surface area contributed by atoms with Gasteiger partial charge in [-0.3, -0.25) is 34.1 Å². The molecule has 2 aliphatic heterocycles. The molecule has 0 bridgehead atoms. The van der Waals surface area contributed by atoms with Gasteiger partial charge in [-0.15, -0.1) is 0 Å². The summed E-state index contributed by atoms with van der Waals surface area (Å²) < 4.78 is 25.0. The largest absolute Gasteiger partial charge is 0.491 e. The minimum absolute atomic E-state index is 0.124. The summed E-state index contributed by atoms with van der Waals surface area (Å²) in [6, 6.07) is 10.3. The molecule has 4 amide bonds. The lowest BCUT2D eigenvalue weighted by Gasteiger charge is -2.49. The van der Waals surface area contributed by atoms with Crippen LogP contribution in [0.4, 0.5) is 15.8 Å². The molecule has 2 saturated carbocycles. The van der Waals surface area contributed by atoms with Crippen LogP contribution in [0.15, 0.2) is 61.2 Å². The Hall–Kier alpha value is -5.90. The number of hydrogen-bond donors (Lipinski definition) is 3. The number of amides is 4. The number of carbonyl (C=O) groups is 4. The van der Waals surface area contributed by atoms with E-state index >= 15 is 4.39 Å². The highest BCUT2D eigenvalue weighted by molar-refractivity contribution is 6.09. The van der Waals surface area contributed by atoms with Crippen LogP contribution in [0.3, 0.4) is 0 Å². The molecule has 0 radical (unpaired) electrons. The smallest absolute Gasteiger partial charge is 0.261 e. The van der Waals surface area contributed by atoms with E-state index in [-0.39, 0.29) is 36.3 Å². The van der Waals surface area contributed by atoms with Gasteiger partial charge < -0.3 is 20.3 Å². The number of aromatic nitrogens is 5. The Labute approximate surface area is 321 Å². The predicted octanol–water partition coefficient (Wildman–Crippen LogP) is 4.10. The Morgan fingerprint density at radius 1 is 1.00 bits per heavy atom. The van der Waals surface area contributed by atoms with E-state index < -0.39 is 23.7 Å². The first kappa shape index (κ1) is 35.8. The molecule has 56 heavy (non-hydrogen) atoms. The van der Waals surface area contributed by atoms with Crippen LogP contribution in [0.25, 0.3) is 16.6 Å². The molecule has 4 fully saturated rings. The molecule has 1 atom stereocenters. The maximum Gasteiger partial charge on any atom is 0.261 e. The van der Waals surface area contributed by atoms with Gasteiger partial charge in [0.25, 0.3) is 11.8 Å². The van der Waals surface area contributed by atoms with Crippen LogP contribution >= 0.6 is 0 Å². The maximum absolute atomic E-state index is 15.1. The Morgan fingerprint density at radius 2 is 1.82 bits per heavy atom. The molecular formula is C40H43FN10O5. The standard InChI is InChI=1S/C40H43FN10O5/c1-48(28-20-49(21-28)27-9-10-29(31(41)16-27)38(53)44-32-11-12-36(52)46-40(32)55)25-5-7-26(8-6-25)51-19-24-15-34(35(17-33(24)47-51)56-22-23-3-4-23)45-39(54)30-18-43-50-14-2-13-42-37(30)50/h2,9-10,13-19,23,25-26,28,32H,3-8,11-12,20-22H2,1H3,(H,44,53)(H,45,54)(H,46,52,55)/t25-,26-,32?. The molecule has 1 unspecified atom stereocenters. The number of hydrogen-bond acceptors (Lipinski definition) is 10. The molecule has 3 aromatic heterocycles. The summed E-state index contributed by atoms with van der Waals surface area (Å²) in [7, 11) is 2.17. The van der Waals surface area contributed by atoms with E-state index in [0.29, 0.717) is 52.9 Å². The first-order valence-electron chi connectivity index (χ1n) is 19.3. The lowest BCUT2D eigenvalue weighted by atomic mass is 9.89. The maximum atomic E-state index is 15.1. The van der Waals surface area contributed by atoms with Gasteiger partial charge in [-0.05, 0) is 88.2 Å². The van der Waals surface area contributed by atoms with Gasteiger partial charge in [-0.25, -0.2) is 13.9 Å². The van der Waals surface area contributed by atoms with Crippen molar-refractivity contribution < 1.29 is 28.3 Å². The summed E-state index contributed by atoms with van der Waals surface area (Å²) in [6.45, 7) is 2.10. The summed E-state index contributed by atoms with van der Waals surface area (Å²) in [6.07, 6.45) is 13.6. The van der Waals surface area contributed by atoms with Gasteiger partial charge in [0.05, 0.1) is 35.6 Å². The number of imide groups is 1.